The Morgan fingerprint density at radius 2 is 1.93 bits per heavy atom. The van der Waals surface area contributed by atoms with Crippen LogP contribution in [0, 0.1) is 0 Å². The van der Waals surface area contributed by atoms with Crippen LogP contribution in [0.3, 0.4) is 0 Å². The molecule has 0 nitrogen and oxygen atoms in total. The molecule has 1 aromatic rings. The minimum absolute atomic E-state index is 0.413. The van der Waals surface area contributed by atoms with E-state index in [-0.39, 0.29) is 0 Å². The summed E-state index contributed by atoms with van der Waals surface area (Å²) < 4.78 is 37.1. The number of alkyl halides is 3. The minimum Gasteiger partial charge on any atom is -0.166 e. The highest BCUT2D eigenvalue weighted by Gasteiger charge is 2.30. The molecule has 0 spiro atoms. The first-order valence-electron chi connectivity index (χ1n) is 4.80. The number of unbranched alkanes of at least 4 members (excludes halogenated alkanes) is 1. The zero-order chi connectivity index (χ0) is 11.5. The number of benzene rings is 1. The van der Waals surface area contributed by atoms with Crippen LogP contribution >= 0.6 is 11.6 Å². The van der Waals surface area contributed by atoms with Crippen LogP contribution in [0.5, 0.6) is 0 Å². The topological polar surface area (TPSA) is 0 Å². The van der Waals surface area contributed by atoms with Crippen LogP contribution in [-0.2, 0) is 12.6 Å². The molecule has 0 radical (unpaired) electrons. The van der Waals surface area contributed by atoms with Gasteiger partial charge in [0.15, 0.2) is 0 Å². The van der Waals surface area contributed by atoms with Crippen LogP contribution in [0.2, 0.25) is 5.02 Å². The van der Waals surface area contributed by atoms with Crippen LogP contribution in [0.15, 0.2) is 18.2 Å². The van der Waals surface area contributed by atoms with Crippen molar-refractivity contribution in [3.63, 3.8) is 0 Å². The first-order valence-corrected chi connectivity index (χ1v) is 5.18. The van der Waals surface area contributed by atoms with Crippen LogP contribution in [-0.4, -0.2) is 0 Å². The molecule has 0 heterocycles. The van der Waals surface area contributed by atoms with Crippen LogP contribution in [0.1, 0.15) is 30.9 Å². The zero-order valence-corrected chi connectivity index (χ0v) is 9.12. The lowest BCUT2D eigenvalue weighted by Crippen LogP contribution is -2.05. The van der Waals surface area contributed by atoms with Gasteiger partial charge in [0, 0.05) is 5.02 Å². The van der Waals surface area contributed by atoms with Crippen LogP contribution < -0.4 is 0 Å². The molecule has 0 unspecified atom stereocenters. The van der Waals surface area contributed by atoms with E-state index in [0.717, 1.165) is 25.0 Å². The molecule has 0 aromatic heterocycles. The normalized spacial score (nSPS) is 11.8. The highest BCUT2D eigenvalue weighted by atomic mass is 35.5. The molecule has 4 heteroatoms. The molecule has 15 heavy (non-hydrogen) atoms. The predicted molar refractivity (Wildman–Crippen MR) is 55.1 cm³/mol. The minimum atomic E-state index is -4.29. The van der Waals surface area contributed by atoms with E-state index in [2.05, 4.69) is 0 Å². The Kier molecular flexibility index (Phi) is 4.03. The summed E-state index contributed by atoms with van der Waals surface area (Å²) in [5.74, 6) is 0. The molecule has 0 saturated carbocycles. The van der Waals surface area contributed by atoms with Gasteiger partial charge >= 0.3 is 6.18 Å². The van der Waals surface area contributed by atoms with E-state index >= 15 is 0 Å². The summed E-state index contributed by atoms with van der Waals surface area (Å²) in [5.41, 5.74) is -0.0497. The quantitative estimate of drug-likeness (QED) is 0.714. The smallest absolute Gasteiger partial charge is 0.166 e. The van der Waals surface area contributed by atoms with E-state index in [4.69, 9.17) is 11.6 Å². The van der Waals surface area contributed by atoms with Crippen molar-refractivity contribution in [2.75, 3.05) is 0 Å². The molecular weight excluding hydrogens is 225 g/mol. The Hall–Kier alpha value is -0.700. The average molecular weight is 237 g/mol. The van der Waals surface area contributed by atoms with E-state index in [1.807, 2.05) is 6.92 Å². The van der Waals surface area contributed by atoms with E-state index < -0.39 is 11.7 Å². The molecule has 0 saturated heterocycles. The van der Waals surface area contributed by atoms with Gasteiger partial charge in [0.1, 0.15) is 0 Å². The van der Waals surface area contributed by atoms with Crippen molar-refractivity contribution in [2.24, 2.45) is 0 Å². The fourth-order valence-corrected chi connectivity index (χ4v) is 1.52. The fraction of sp³-hybridized carbons (Fsp3) is 0.455. The van der Waals surface area contributed by atoms with Gasteiger partial charge in [-0.05, 0) is 36.6 Å². The first-order chi connectivity index (χ1) is 6.95. The average Bonchev–Trinajstić information content (AvgIpc) is 2.15. The van der Waals surface area contributed by atoms with Gasteiger partial charge in [-0.2, -0.15) is 13.2 Å². The Bertz CT molecular complexity index is 331. The monoisotopic (exact) mass is 236 g/mol. The second-order valence-electron chi connectivity index (χ2n) is 3.41. The molecule has 0 aliphatic rings. The molecular formula is C11H12ClF3. The lowest BCUT2D eigenvalue weighted by molar-refractivity contribution is -0.137. The summed E-state index contributed by atoms with van der Waals surface area (Å²) in [7, 11) is 0. The third-order valence-electron chi connectivity index (χ3n) is 2.17. The molecule has 0 aliphatic heterocycles. The van der Waals surface area contributed by atoms with Crippen molar-refractivity contribution >= 4 is 11.6 Å². The third kappa shape index (κ3) is 3.42. The number of hydrogen-bond donors (Lipinski definition) is 0. The summed E-state index contributed by atoms with van der Waals surface area (Å²) in [6, 6.07) is 3.46. The van der Waals surface area contributed by atoms with Gasteiger partial charge in [-0.25, -0.2) is 0 Å². The second kappa shape index (κ2) is 4.88. The van der Waals surface area contributed by atoms with Gasteiger partial charge in [0.25, 0.3) is 0 Å². The van der Waals surface area contributed by atoms with E-state index in [0.29, 0.717) is 17.0 Å². The molecule has 0 fully saturated rings. The van der Waals surface area contributed by atoms with Crippen LogP contribution in [0.25, 0.3) is 0 Å². The van der Waals surface area contributed by atoms with Crippen molar-refractivity contribution in [3.05, 3.63) is 34.3 Å². The maximum Gasteiger partial charge on any atom is 0.416 e. The van der Waals surface area contributed by atoms with Gasteiger partial charge in [-0.1, -0.05) is 24.9 Å². The molecule has 0 bridgehead atoms. The molecule has 0 aliphatic carbocycles. The fourth-order valence-electron chi connectivity index (χ4n) is 1.31. The maximum atomic E-state index is 12.4. The van der Waals surface area contributed by atoms with E-state index in [1.165, 1.54) is 6.07 Å². The lowest BCUT2D eigenvalue weighted by Gasteiger charge is -2.10. The third-order valence-corrected chi connectivity index (χ3v) is 2.54. The van der Waals surface area contributed by atoms with E-state index in [9.17, 15) is 13.2 Å². The van der Waals surface area contributed by atoms with Gasteiger partial charge < -0.3 is 0 Å². The van der Waals surface area contributed by atoms with Crippen LogP contribution in [0.4, 0.5) is 13.2 Å². The summed E-state index contributed by atoms with van der Waals surface area (Å²) >= 11 is 5.81. The number of halogens is 4. The maximum absolute atomic E-state index is 12.4. The van der Waals surface area contributed by atoms with Crippen molar-refractivity contribution in [2.45, 2.75) is 32.4 Å². The number of aryl methyl sites for hydroxylation is 1. The molecule has 0 N–H and O–H groups in total. The van der Waals surface area contributed by atoms with Crippen molar-refractivity contribution < 1.29 is 13.2 Å². The van der Waals surface area contributed by atoms with Crippen molar-refractivity contribution in [3.8, 4) is 0 Å². The van der Waals surface area contributed by atoms with Gasteiger partial charge in [0.2, 0.25) is 0 Å². The van der Waals surface area contributed by atoms with Crippen molar-refractivity contribution in [1.82, 2.24) is 0 Å². The highest BCUT2D eigenvalue weighted by Crippen LogP contribution is 2.32. The Balaban J connectivity index is 2.95. The van der Waals surface area contributed by atoms with Gasteiger partial charge in [0.05, 0.1) is 5.56 Å². The Morgan fingerprint density at radius 1 is 1.27 bits per heavy atom. The van der Waals surface area contributed by atoms with Crippen molar-refractivity contribution in [1.29, 1.82) is 0 Å². The summed E-state index contributed by atoms with van der Waals surface area (Å²) in [6.07, 6.45) is -1.90. The molecule has 1 aromatic carbocycles. The molecule has 1 rings (SSSR count). The van der Waals surface area contributed by atoms with E-state index in [1.54, 1.807) is 0 Å². The summed E-state index contributed by atoms with van der Waals surface area (Å²) in [6.45, 7) is 1.99. The molecule has 0 atom stereocenters. The Labute approximate surface area is 92.1 Å². The molecule has 0 amide bonds. The largest absolute Gasteiger partial charge is 0.416 e. The lowest BCUT2D eigenvalue weighted by atomic mass is 10.1. The zero-order valence-electron chi connectivity index (χ0n) is 8.37. The second-order valence-corrected chi connectivity index (χ2v) is 3.81. The molecule has 84 valence electrons. The van der Waals surface area contributed by atoms with Gasteiger partial charge in [-0.15, -0.1) is 0 Å². The first kappa shape index (κ1) is 12.4. The SMILES string of the molecule is CCCCc1cc(C(F)(F)F)ccc1Cl. The number of hydrogen-bond acceptors (Lipinski definition) is 0. The highest BCUT2D eigenvalue weighted by molar-refractivity contribution is 6.31. The van der Waals surface area contributed by atoms with Gasteiger partial charge in [-0.3, -0.25) is 0 Å². The summed E-state index contributed by atoms with van der Waals surface area (Å²) in [5, 5.41) is 0.413. The summed E-state index contributed by atoms with van der Waals surface area (Å²) in [4.78, 5) is 0. The number of rotatable bonds is 3. The standard InChI is InChI=1S/C11H12ClF3/c1-2-3-4-8-7-9(11(13,14)15)5-6-10(8)12/h5-7H,2-4H2,1H3. The predicted octanol–water partition coefficient (Wildman–Crippen LogP) is 4.70. The Morgan fingerprint density at radius 3 is 2.47 bits per heavy atom.